The van der Waals surface area contributed by atoms with E-state index in [4.69, 9.17) is 0 Å². The van der Waals surface area contributed by atoms with Gasteiger partial charge >= 0.3 is 6.03 Å². The molecule has 2 aromatic heterocycles. The molecule has 1 aliphatic carbocycles. The number of carbonyl (C=O) groups excluding carboxylic acids is 1. The molecule has 7 heteroatoms. The van der Waals surface area contributed by atoms with E-state index >= 15 is 0 Å². The number of anilines is 2. The number of aryl methyl sites for hydroxylation is 1. The monoisotopic (exact) mass is 342 g/mol. The fourth-order valence-electron chi connectivity index (χ4n) is 2.85. The van der Waals surface area contributed by atoms with Crippen LogP contribution in [0, 0.1) is 12.8 Å². The van der Waals surface area contributed by atoms with E-state index < -0.39 is 0 Å². The summed E-state index contributed by atoms with van der Waals surface area (Å²) in [5.41, 5.74) is 1.91. The summed E-state index contributed by atoms with van der Waals surface area (Å²) in [5.74, 6) is 1.45. The lowest BCUT2D eigenvalue weighted by molar-refractivity contribution is 0.251. The van der Waals surface area contributed by atoms with Crippen molar-refractivity contribution in [3.8, 4) is 0 Å². The third-order valence-electron chi connectivity index (χ3n) is 4.42. The molecule has 0 radical (unpaired) electrons. The van der Waals surface area contributed by atoms with Crippen LogP contribution in [0.25, 0.3) is 0 Å². The maximum atomic E-state index is 12.1. The second kappa shape index (κ2) is 8.00. The summed E-state index contributed by atoms with van der Waals surface area (Å²) >= 11 is 0. The molecule has 2 aromatic rings. The Morgan fingerprint density at radius 2 is 2.24 bits per heavy atom. The Morgan fingerprint density at radius 1 is 1.40 bits per heavy atom. The Bertz CT molecular complexity index is 695. The van der Waals surface area contributed by atoms with Gasteiger partial charge in [-0.25, -0.2) is 9.48 Å². The summed E-state index contributed by atoms with van der Waals surface area (Å²) in [4.78, 5) is 16.2. The van der Waals surface area contributed by atoms with Crippen molar-refractivity contribution in [2.24, 2.45) is 5.92 Å². The normalized spacial score (nSPS) is 14.8. The first-order valence-corrected chi connectivity index (χ1v) is 8.88. The fourth-order valence-corrected chi connectivity index (χ4v) is 2.85. The van der Waals surface area contributed by atoms with Gasteiger partial charge in [0.2, 0.25) is 0 Å². The maximum absolute atomic E-state index is 12.1. The number of nitrogens with zero attached hydrogens (tertiary/aromatic N) is 3. The maximum Gasteiger partial charge on any atom is 0.320 e. The largest absolute Gasteiger partial charge is 0.384 e. The molecule has 1 saturated carbocycles. The molecule has 0 aromatic carbocycles. The van der Waals surface area contributed by atoms with Crippen LogP contribution in [-0.2, 0) is 0 Å². The summed E-state index contributed by atoms with van der Waals surface area (Å²) in [6.45, 7) is 5.49. The van der Waals surface area contributed by atoms with Gasteiger partial charge in [-0.05, 0) is 51.2 Å². The van der Waals surface area contributed by atoms with Gasteiger partial charge in [0.1, 0.15) is 5.82 Å². The van der Waals surface area contributed by atoms with Crippen LogP contribution < -0.4 is 16.0 Å². The molecular weight excluding hydrogens is 316 g/mol. The number of amides is 2. The van der Waals surface area contributed by atoms with Crippen LogP contribution >= 0.6 is 0 Å². The molecule has 1 aliphatic rings. The second-order valence-electron chi connectivity index (χ2n) is 6.60. The Morgan fingerprint density at radius 3 is 2.96 bits per heavy atom. The fraction of sp³-hybridized carbons (Fsp3) is 0.500. The van der Waals surface area contributed by atoms with Gasteiger partial charge in [0.15, 0.2) is 0 Å². The van der Waals surface area contributed by atoms with Crippen molar-refractivity contribution in [2.45, 2.75) is 39.2 Å². The minimum absolute atomic E-state index is 0.189. The summed E-state index contributed by atoms with van der Waals surface area (Å²) in [5, 5.41) is 13.6. The Hall–Kier alpha value is -2.57. The first-order valence-electron chi connectivity index (χ1n) is 8.88. The molecule has 1 fully saturated rings. The zero-order valence-electron chi connectivity index (χ0n) is 14.8. The average molecular weight is 342 g/mol. The average Bonchev–Trinajstić information content (AvgIpc) is 3.39. The van der Waals surface area contributed by atoms with Gasteiger partial charge in [-0.15, -0.1) is 0 Å². The predicted octanol–water partition coefficient (Wildman–Crippen LogP) is 3.18. The highest BCUT2D eigenvalue weighted by Crippen LogP contribution is 2.40. The molecule has 0 saturated heterocycles. The van der Waals surface area contributed by atoms with Crippen LogP contribution in [0.3, 0.4) is 0 Å². The van der Waals surface area contributed by atoms with Crippen molar-refractivity contribution in [1.82, 2.24) is 20.1 Å². The first-order chi connectivity index (χ1) is 12.1. The number of pyridine rings is 1. The van der Waals surface area contributed by atoms with E-state index in [1.165, 1.54) is 12.8 Å². The number of rotatable bonds is 8. The minimum atomic E-state index is -0.189. The Balaban J connectivity index is 1.40. The van der Waals surface area contributed by atoms with Crippen LogP contribution in [0.15, 0.2) is 30.6 Å². The zero-order valence-corrected chi connectivity index (χ0v) is 14.8. The molecule has 3 rings (SSSR count). The van der Waals surface area contributed by atoms with Crippen molar-refractivity contribution < 1.29 is 4.79 Å². The third-order valence-corrected chi connectivity index (χ3v) is 4.42. The summed E-state index contributed by atoms with van der Waals surface area (Å²) in [7, 11) is 0. The number of hydrogen-bond donors (Lipinski definition) is 3. The van der Waals surface area contributed by atoms with E-state index in [0.29, 0.717) is 18.5 Å². The molecule has 7 nitrogen and oxygen atoms in total. The molecule has 1 atom stereocenters. The zero-order chi connectivity index (χ0) is 17.6. The smallest absolute Gasteiger partial charge is 0.320 e. The summed E-state index contributed by atoms with van der Waals surface area (Å²) in [6, 6.07) is 5.92. The van der Waals surface area contributed by atoms with Gasteiger partial charge in [-0.3, -0.25) is 10.3 Å². The topological polar surface area (TPSA) is 83.9 Å². The van der Waals surface area contributed by atoms with Crippen LogP contribution in [0.4, 0.5) is 16.3 Å². The number of carbonyl (C=O) groups is 1. The van der Waals surface area contributed by atoms with Crippen molar-refractivity contribution >= 4 is 17.5 Å². The Labute approximate surface area is 148 Å². The first kappa shape index (κ1) is 17.3. The van der Waals surface area contributed by atoms with E-state index in [1.807, 2.05) is 29.8 Å². The molecule has 0 spiro atoms. The molecule has 0 aliphatic heterocycles. The number of hydrogen-bond acceptors (Lipinski definition) is 4. The van der Waals surface area contributed by atoms with Crippen molar-refractivity contribution in [2.75, 3.05) is 23.7 Å². The summed E-state index contributed by atoms with van der Waals surface area (Å²) in [6.07, 6.45) is 6.85. The molecule has 2 amide bonds. The van der Waals surface area contributed by atoms with Crippen molar-refractivity contribution in [3.05, 3.63) is 36.3 Å². The van der Waals surface area contributed by atoms with Gasteiger partial charge in [-0.2, -0.15) is 5.10 Å². The predicted molar refractivity (Wildman–Crippen MR) is 98.8 cm³/mol. The highest BCUT2D eigenvalue weighted by atomic mass is 16.2. The number of aromatic nitrogens is 3. The summed E-state index contributed by atoms with van der Waals surface area (Å²) < 4.78 is 1.94. The molecular formula is C18H26N6O. The molecule has 3 N–H and O–H groups in total. The van der Waals surface area contributed by atoms with Gasteiger partial charge in [0, 0.05) is 31.5 Å². The molecule has 0 bridgehead atoms. The van der Waals surface area contributed by atoms with Gasteiger partial charge in [0.05, 0.1) is 17.4 Å². The quantitative estimate of drug-likeness (QED) is 0.643. The highest BCUT2D eigenvalue weighted by molar-refractivity contribution is 5.88. The lowest BCUT2D eigenvalue weighted by Crippen LogP contribution is -2.31. The molecule has 134 valence electrons. The van der Waals surface area contributed by atoms with Crippen LogP contribution in [0.2, 0.25) is 0 Å². The van der Waals surface area contributed by atoms with Crippen LogP contribution in [0.5, 0.6) is 0 Å². The van der Waals surface area contributed by atoms with E-state index in [1.54, 1.807) is 12.4 Å². The lowest BCUT2D eigenvalue weighted by Gasteiger charge is -2.15. The minimum Gasteiger partial charge on any atom is -0.384 e. The van der Waals surface area contributed by atoms with Crippen molar-refractivity contribution in [1.29, 1.82) is 0 Å². The molecule has 2 heterocycles. The van der Waals surface area contributed by atoms with E-state index in [9.17, 15) is 4.79 Å². The van der Waals surface area contributed by atoms with E-state index in [0.717, 1.165) is 30.2 Å². The number of nitrogens with one attached hydrogen (secondary N) is 3. The SMILES string of the molecule is Cc1cc(NC(=O)NCCCNc2cccnc2)n([C@@H](C)C2CC2)n1. The lowest BCUT2D eigenvalue weighted by atomic mass is 10.2. The highest BCUT2D eigenvalue weighted by Gasteiger charge is 2.31. The van der Waals surface area contributed by atoms with E-state index in [2.05, 4.69) is 33.0 Å². The van der Waals surface area contributed by atoms with E-state index in [-0.39, 0.29) is 6.03 Å². The molecule has 25 heavy (non-hydrogen) atoms. The Kier molecular flexibility index (Phi) is 5.53. The van der Waals surface area contributed by atoms with Crippen LogP contribution in [-0.4, -0.2) is 33.9 Å². The van der Waals surface area contributed by atoms with Crippen molar-refractivity contribution in [3.63, 3.8) is 0 Å². The second-order valence-corrected chi connectivity index (χ2v) is 6.60. The third kappa shape index (κ3) is 4.95. The van der Waals surface area contributed by atoms with Gasteiger partial charge in [-0.1, -0.05) is 0 Å². The molecule has 0 unspecified atom stereocenters. The number of urea groups is 1. The van der Waals surface area contributed by atoms with Gasteiger partial charge in [0.25, 0.3) is 0 Å². The van der Waals surface area contributed by atoms with Gasteiger partial charge < -0.3 is 10.6 Å². The standard InChI is InChI=1S/C18H26N6O/c1-13-11-17(24(23-13)14(2)15-6-7-15)22-18(25)21-10-4-9-20-16-5-3-8-19-12-16/h3,5,8,11-12,14-15,20H,4,6-7,9-10H2,1-2H3,(H2,21,22,25)/t14-/m0/s1. The van der Waals surface area contributed by atoms with Crippen LogP contribution in [0.1, 0.15) is 37.9 Å².